The summed E-state index contributed by atoms with van der Waals surface area (Å²) in [5, 5.41) is 16.5. The van der Waals surface area contributed by atoms with Gasteiger partial charge in [0.05, 0.1) is 0 Å². The molecule has 160 valence electrons. The second kappa shape index (κ2) is 15.7. The Morgan fingerprint density at radius 2 is 1.17 bits per heavy atom. The van der Waals surface area contributed by atoms with Gasteiger partial charge in [0.1, 0.15) is 0 Å². The van der Waals surface area contributed by atoms with Crippen molar-refractivity contribution in [2.24, 2.45) is 0 Å². The van der Waals surface area contributed by atoms with Gasteiger partial charge in [-0.2, -0.15) is 0 Å². The van der Waals surface area contributed by atoms with Crippen molar-refractivity contribution in [2.75, 3.05) is 0 Å². The van der Waals surface area contributed by atoms with Crippen molar-refractivity contribution in [1.82, 2.24) is 0 Å². The van der Waals surface area contributed by atoms with Gasteiger partial charge in [0.2, 0.25) is 0 Å². The van der Waals surface area contributed by atoms with Crippen LogP contribution in [0.15, 0.2) is 96.2 Å². The van der Waals surface area contributed by atoms with E-state index in [9.17, 15) is 9.59 Å². The molecule has 0 radical (unpaired) electrons. The fourth-order valence-electron chi connectivity index (χ4n) is 3.13. The zero-order valence-corrected chi connectivity index (χ0v) is 17.5. The number of aliphatic carboxylic acids is 2. The van der Waals surface area contributed by atoms with Gasteiger partial charge in [-0.1, -0.05) is 67.3 Å². The zero-order chi connectivity index (χ0) is 22.0. The first-order chi connectivity index (χ1) is 14.5. The highest BCUT2D eigenvalue weighted by Gasteiger charge is 2.17. The molecule has 2 N–H and O–H groups in total. The maximum Gasteiger partial charge on any atom is 0.328 e. The number of hydrogen-bond donors (Lipinski definition) is 2. The average molecular weight is 409 g/mol. The molecular formula is C26H32O4. The van der Waals surface area contributed by atoms with Crippen molar-refractivity contribution in [3.05, 3.63) is 96.2 Å². The van der Waals surface area contributed by atoms with Crippen LogP contribution in [0.5, 0.6) is 0 Å². The molecule has 4 rings (SSSR count). The van der Waals surface area contributed by atoms with Crippen LogP contribution in [0.2, 0.25) is 0 Å². The Kier molecular flexibility index (Phi) is 13.1. The Hall–Kier alpha value is -3.14. The third-order valence-electron chi connectivity index (χ3n) is 4.53. The highest BCUT2D eigenvalue weighted by Crippen LogP contribution is 2.34. The van der Waals surface area contributed by atoms with E-state index >= 15 is 0 Å². The summed E-state index contributed by atoms with van der Waals surface area (Å²) in [7, 11) is 0. The monoisotopic (exact) mass is 408 g/mol. The zero-order valence-electron chi connectivity index (χ0n) is 17.5. The number of carboxylic acid groups (broad SMARTS) is 2. The van der Waals surface area contributed by atoms with Gasteiger partial charge in [-0.15, -0.1) is 0 Å². The molecule has 4 heteroatoms. The van der Waals surface area contributed by atoms with Gasteiger partial charge in [0, 0.05) is 12.2 Å². The van der Waals surface area contributed by atoms with Gasteiger partial charge in [0.15, 0.2) is 0 Å². The third-order valence-corrected chi connectivity index (χ3v) is 4.53. The smallest absolute Gasteiger partial charge is 0.328 e. The Bertz CT molecular complexity index is 718. The maximum atomic E-state index is 10.8. The Morgan fingerprint density at radius 3 is 1.37 bits per heavy atom. The SMILES string of the molecule is C1=CCC=C1.C1=CCC=C1.C=CC(=O)O.O=C(O)C=C(C1=CCCC1)C1=CCCC1. The van der Waals surface area contributed by atoms with Crippen molar-refractivity contribution in [3.8, 4) is 0 Å². The summed E-state index contributed by atoms with van der Waals surface area (Å²) in [6.07, 6.45) is 32.2. The molecule has 30 heavy (non-hydrogen) atoms. The molecule has 4 aliphatic rings. The Labute approximate surface area is 179 Å². The molecule has 0 spiro atoms. The lowest BCUT2D eigenvalue weighted by Crippen LogP contribution is -1.97. The van der Waals surface area contributed by atoms with Crippen LogP contribution in [-0.4, -0.2) is 22.2 Å². The first-order valence-electron chi connectivity index (χ1n) is 10.4. The molecule has 0 bridgehead atoms. The van der Waals surface area contributed by atoms with Crippen molar-refractivity contribution < 1.29 is 19.8 Å². The number of allylic oxidation sites excluding steroid dienone is 13. The minimum absolute atomic E-state index is 0.828. The highest BCUT2D eigenvalue weighted by atomic mass is 16.4. The van der Waals surface area contributed by atoms with E-state index in [0.29, 0.717) is 0 Å². The molecule has 0 unspecified atom stereocenters. The van der Waals surface area contributed by atoms with Gasteiger partial charge >= 0.3 is 11.9 Å². The summed E-state index contributed by atoms with van der Waals surface area (Å²) in [6.45, 7) is 2.96. The second-order valence-electron chi connectivity index (χ2n) is 6.87. The van der Waals surface area contributed by atoms with Gasteiger partial charge in [-0.25, -0.2) is 9.59 Å². The molecule has 0 saturated carbocycles. The van der Waals surface area contributed by atoms with Crippen molar-refractivity contribution in [3.63, 3.8) is 0 Å². The minimum atomic E-state index is -0.981. The third kappa shape index (κ3) is 11.6. The lowest BCUT2D eigenvalue weighted by atomic mass is 9.96. The number of carbonyl (C=O) groups is 2. The fourth-order valence-corrected chi connectivity index (χ4v) is 3.13. The second-order valence-corrected chi connectivity index (χ2v) is 6.87. The van der Waals surface area contributed by atoms with Crippen LogP contribution in [0.25, 0.3) is 0 Å². The van der Waals surface area contributed by atoms with E-state index in [4.69, 9.17) is 10.2 Å². The van der Waals surface area contributed by atoms with Crippen LogP contribution in [0, 0.1) is 0 Å². The van der Waals surface area contributed by atoms with Crippen molar-refractivity contribution >= 4 is 11.9 Å². The largest absolute Gasteiger partial charge is 0.478 e. The van der Waals surface area contributed by atoms with Crippen LogP contribution in [0.3, 0.4) is 0 Å². The molecule has 0 aromatic heterocycles. The van der Waals surface area contributed by atoms with E-state index in [0.717, 1.165) is 50.2 Å². The molecule has 0 heterocycles. The highest BCUT2D eigenvalue weighted by molar-refractivity contribution is 5.83. The number of hydrogen-bond acceptors (Lipinski definition) is 2. The van der Waals surface area contributed by atoms with Gasteiger partial charge in [0.25, 0.3) is 0 Å². The van der Waals surface area contributed by atoms with E-state index in [1.165, 1.54) is 30.1 Å². The van der Waals surface area contributed by atoms with Crippen LogP contribution >= 0.6 is 0 Å². The molecule has 0 atom stereocenters. The predicted octanol–water partition coefficient (Wildman–Crippen LogP) is 6.48. The van der Waals surface area contributed by atoms with Crippen molar-refractivity contribution in [1.29, 1.82) is 0 Å². The first-order valence-corrected chi connectivity index (χ1v) is 10.4. The van der Waals surface area contributed by atoms with E-state index in [1.807, 2.05) is 0 Å². The van der Waals surface area contributed by atoms with Crippen molar-refractivity contribution in [2.45, 2.75) is 51.4 Å². The predicted molar refractivity (Wildman–Crippen MR) is 123 cm³/mol. The quantitative estimate of drug-likeness (QED) is 0.522. The van der Waals surface area contributed by atoms with Gasteiger partial charge < -0.3 is 10.2 Å². The van der Waals surface area contributed by atoms with Crippen LogP contribution in [0.1, 0.15) is 51.4 Å². The van der Waals surface area contributed by atoms with E-state index in [1.54, 1.807) is 0 Å². The summed E-state index contributed by atoms with van der Waals surface area (Å²) in [5.41, 5.74) is 3.47. The minimum Gasteiger partial charge on any atom is -0.478 e. The molecule has 0 saturated heterocycles. The normalized spacial score (nSPS) is 16.8. The van der Waals surface area contributed by atoms with E-state index in [2.05, 4.69) is 67.3 Å². The lowest BCUT2D eigenvalue weighted by molar-refractivity contribution is -0.132. The average Bonchev–Trinajstić information content (AvgIpc) is 3.58. The van der Waals surface area contributed by atoms with E-state index in [-0.39, 0.29) is 0 Å². The molecule has 0 amide bonds. The molecule has 0 aromatic carbocycles. The van der Waals surface area contributed by atoms with E-state index < -0.39 is 11.9 Å². The van der Waals surface area contributed by atoms with Crippen LogP contribution in [-0.2, 0) is 9.59 Å². The first kappa shape index (κ1) is 24.9. The standard InChI is InChI=1S/C13H16O2.2C5H6.C3H4O2/c14-13(15)9-12(10-5-1-2-6-10)11-7-3-4-8-11;2*1-2-4-5-3-1;1-2-3(4)5/h5,7,9H,1-4,6,8H2,(H,14,15);2*1-4H,5H2;2H,1H2,(H,4,5). The molecule has 0 fully saturated rings. The summed E-state index contributed by atoms with van der Waals surface area (Å²) >= 11 is 0. The Balaban J connectivity index is 0.000000244. The summed E-state index contributed by atoms with van der Waals surface area (Å²) < 4.78 is 0. The Morgan fingerprint density at radius 1 is 0.767 bits per heavy atom. The summed E-state index contributed by atoms with van der Waals surface area (Å²) in [4.78, 5) is 20.0. The summed E-state index contributed by atoms with van der Waals surface area (Å²) in [6, 6.07) is 0. The maximum absolute atomic E-state index is 10.8. The molecule has 0 aliphatic heterocycles. The lowest BCUT2D eigenvalue weighted by Gasteiger charge is -2.09. The molecule has 4 nitrogen and oxygen atoms in total. The molecule has 0 aromatic rings. The molecular weight excluding hydrogens is 376 g/mol. The van der Waals surface area contributed by atoms with Gasteiger partial charge in [-0.3, -0.25) is 0 Å². The van der Waals surface area contributed by atoms with Crippen LogP contribution in [0.4, 0.5) is 0 Å². The summed E-state index contributed by atoms with van der Waals surface area (Å²) in [5.74, 6) is -1.81. The van der Waals surface area contributed by atoms with Gasteiger partial charge in [-0.05, 0) is 68.1 Å². The van der Waals surface area contributed by atoms with Crippen LogP contribution < -0.4 is 0 Å². The molecule has 4 aliphatic carbocycles. The topological polar surface area (TPSA) is 74.6 Å². The number of rotatable bonds is 4. The number of carboxylic acids is 2. The fraction of sp³-hybridized carbons (Fsp3) is 0.308.